The molecule has 0 aliphatic carbocycles. The van der Waals surface area contributed by atoms with Crippen molar-refractivity contribution in [3.63, 3.8) is 0 Å². The number of hydrogen-bond donors (Lipinski definition) is 1. The molecule has 1 N–H and O–H groups in total. The minimum absolute atomic E-state index is 0.0434. The normalized spacial score (nSPS) is 13.7. The molecule has 1 aromatic heterocycles. The summed E-state index contributed by atoms with van der Waals surface area (Å²) in [5.74, 6) is 0.147. The number of carbonyl (C=O) groups is 1. The van der Waals surface area contributed by atoms with Crippen LogP contribution in [0.15, 0.2) is 47.5 Å². The SMILES string of the molecule is Cc1cc(-c2cccc(C3=Nc4cc(C)c(C(F)(F)F)cc4NC(=O)C3)c2)nc(N(C)C)n1. The standard InChI is InChI=1S/C24H22F3N5O/c1-13-8-20-21(11-17(13)24(25,26)27)30-22(33)12-19(29-20)16-7-5-6-15(10-16)18-9-14(2)28-23(31-18)32(3)4/h5-11H,12H2,1-4H3,(H,30,33). The third kappa shape index (κ3) is 4.72. The highest BCUT2D eigenvalue weighted by atomic mass is 19.4. The minimum atomic E-state index is -4.52. The molecule has 0 unspecified atom stereocenters. The van der Waals surface area contributed by atoms with Crippen LogP contribution >= 0.6 is 0 Å². The average molecular weight is 453 g/mol. The van der Waals surface area contributed by atoms with Crippen LogP contribution in [-0.2, 0) is 11.0 Å². The number of fused-ring (bicyclic) bond motifs is 1. The van der Waals surface area contributed by atoms with E-state index in [4.69, 9.17) is 0 Å². The van der Waals surface area contributed by atoms with E-state index >= 15 is 0 Å². The lowest BCUT2D eigenvalue weighted by Crippen LogP contribution is -2.16. The molecule has 2 aromatic carbocycles. The van der Waals surface area contributed by atoms with Gasteiger partial charge in [0.15, 0.2) is 0 Å². The number of aliphatic imine (C=N–C) groups is 1. The van der Waals surface area contributed by atoms with Crippen LogP contribution in [0.4, 0.5) is 30.5 Å². The van der Waals surface area contributed by atoms with Crippen LogP contribution in [-0.4, -0.2) is 35.7 Å². The van der Waals surface area contributed by atoms with Crippen LogP contribution in [0.2, 0.25) is 0 Å². The summed E-state index contributed by atoms with van der Waals surface area (Å²) in [5.41, 5.74) is 3.09. The highest BCUT2D eigenvalue weighted by Crippen LogP contribution is 2.39. The smallest absolute Gasteiger partial charge is 0.347 e. The van der Waals surface area contributed by atoms with Gasteiger partial charge in [0.05, 0.1) is 34.8 Å². The summed E-state index contributed by atoms with van der Waals surface area (Å²) >= 11 is 0. The summed E-state index contributed by atoms with van der Waals surface area (Å²) in [6, 6.07) is 11.6. The van der Waals surface area contributed by atoms with Gasteiger partial charge in [-0.25, -0.2) is 9.97 Å². The van der Waals surface area contributed by atoms with E-state index in [0.29, 0.717) is 22.9 Å². The molecule has 33 heavy (non-hydrogen) atoms. The van der Waals surface area contributed by atoms with Gasteiger partial charge < -0.3 is 10.2 Å². The zero-order valence-corrected chi connectivity index (χ0v) is 18.6. The molecule has 0 saturated heterocycles. The van der Waals surface area contributed by atoms with E-state index in [1.165, 1.54) is 13.0 Å². The second kappa shape index (κ2) is 8.31. The van der Waals surface area contributed by atoms with Gasteiger partial charge in [-0.3, -0.25) is 9.79 Å². The van der Waals surface area contributed by atoms with Gasteiger partial charge in [0.1, 0.15) is 0 Å². The third-order valence-corrected chi connectivity index (χ3v) is 5.24. The fourth-order valence-corrected chi connectivity index (χ4v) is 3.65. The largest absolute Gasteiger partial charge is 0.416 e. The summed E-state index contributed by atoms with van der Waals surface area (Å²) in [6.07, 6.45) is -4.58. The number of rotatable bonds is 3. The number of carbonyl (C=O) groups excluding carboxylic acids is 1. The van der Waals surface area contributed by atoms with Gasteiger partial charge in [0.25, 0.3) is 0 Å². The van der Waals surface area contributed by atoms with Gasteiger partial charge in [-0.15, -0.1) is 0 Å². The first kappa shape index (κ1) is 22.4. The second-order valence-corrected chi connectivity index (χ2v) is 8.14. The van der Waals surface area contributed by atoms with E-state index in [1.807, 2.05) is 56.3 Å². The predicted molar refractivity (Wildman–Crippen MR) is 122 cm³/mol. The molecule has 0 bridgehead atoms. The summed E-state index contributed by atoms with van der Waals surface area (Å²) in [5, 5.41) is 2.56. The van der Waals surface area contributed by atoms with Crippen molar-refractivity contribution < 1.29 is 18.0 Å². The van der Waals surface area contributed by atoms with Crippen LogP contribution in [0.1, 0.15) is 28.8 Å². The Morgan fingerprint density at radius 2 is 1.73 bits per heavy atom. The quantitative estimate of drug-likeness (QED) is 0.584. The second-order valence-electron chi connectivity index (χ2n) is 8.14. The van der Waals surface area contributed by atoms with E-state index in [9.17, 15) is 18.0 Å². The molecule has 0 fully saturated rings. The Morgan fingerprint density at radius 1 is 1.00 bits per heavy atom. The Labute approximate surface area is 189 Å². The number of anilines is 2. The van der Waals surface area contributed by atoms with E-state index in [2.05, 4.69) is 20.3 Å². The van der Waals surface area contributed by atoms with E-state index in [-0.39, 0.29) is 17.7 Å². The van der Waals surface area contributed by atoms with Crippen molar-refractivity contribution in [3.8, 4) is 11.3 Å². The first-order valence-corrected chi connectivity index (χ1v) is 10.2. The lowest BCUT2D eigenvalue weighted by Gasteiger charge is -2.14. The maximum absolute atomic E-state index is 13.3. The Hall–Kier alpha value is -3.75. The number of aryl methyl sites for hydroxylation is 2. The number of hydrogen-bond acceptors (Lipinski definition) is 5. The van der Waals surface area contributed by atoms with Gasteiger partial charge in [0, 0.05) is 25.4 Å². The molecular weight excluding hydrogens is 431 g/mol. The number of amides is 1. The van der Waals surface area contributed by atoms with Crippen LogP contribution in [0.25, 0.3) is 11.3 Å². The van der Waals surface area contributed by atoms with E-state index in [1.54, 1.807) is 0 Å². The van der Waals surface area contributed by atoms with Crippen LogP contribution in [0.3, 0.4) is 0 Å². The Balaban J connectivity index is 1.79. The lowest BCUT2D eigenvalue weighted by molar-refractivity contribution is -0.138. The average Bonchev–Trinajstić information content (AvgIpc) is 2.89. The monoisotopic (exact) mass is 453 g/mol. The number of aromatic nitrogens is 2. The molecular formula is C24H22F3N5O. The molecule has 1 amide bonds. The van der Waals surface area contributed by atoms with Crippen molar-refractivity contribution in [3.05, 3.63) is 64.8 Å². The third-order valence-electron chi connectivity index (χ3n) is 5.24. The predicted octanol–water partition coefficient (Wildman–Crippen LogP) is 5.31. The van der Waals surface area contributed by atoms with Crippen LogP contribution < -0.4 is 10.2 Å². The lowest BCUT2D eigenvalue weighted by atomic mass is 10.0. The maximum atomic E-state index is 13.3. The fraction of sp³-hybridized carbons (Fsp3) is 0.250. The molecule has 1 aliphatic rings. The molecule has 0 spiro atoms. The number of nitrogens with one attached hydrogen (secondary N) is 1. The Kier molecular flexibility index (Phi) is 5.65. The van der Waals surface area contributed by atoms with Gasteiger partial charge >= 0.3 is 6.18 Å². The molecule has 2 heterocycles. The summed E-state index contributed by atoms with van der Waals surface area (Å²) < 4.78 is 39.9. The minimum Gasteiger partial charge on any atom is -0.347 e. The summed E-state index contributed by atoms with van der Waals surface area (Å²) in [4.78, 5) is 27.9. The Morgan fingerprint density at radius 3 is 2.42 bits per heavy atom. The van der Waals surface area contributed by atoms with Gasteiger partial charge in [-0.1, -0.05) is 18.2 Å². The first-order valence-electron chi connectivity index (χ1n) is 10.2. The summed E-state index contributed by atoms with van der Waals surface area (Å²) in [7, 11) is 3.72. The van der Waals surface area contributed by atoms with Crippen molar-refractivity contribution in [1.82, 2.24) is 9.97 Å². The van der Waals surface area contributed by atoms with Gasteiger partial charge in [-0.05, 0) is 49.2 Å². The first-order chi connectivity index (χ1) is 15.5. The van der Waals surface area contributed by atoms with Crippen molar-refractivity contribution in [2.24, 2.45) is 4.99 Å². The molecule has 4 rings (SSSR count). The maximum Gasteiger partial charge on any atom is 0.416 e. The van der Waals surface area contributed by atoms with Crippen molar-refractivity contribution >= 4 is 28.9 Å². The fourth-order valence-electron chi connectivity index (χ4n) is 3.65. The Bertz CT molecular complexity index is 1280. The molecule has 1 aliphatic heterocycles. The van der Waals surface area contributed by atoms with Crippen molar-refractivity contribution in [1.29, 1.82) is 0 Å². The van der Waals surface area contributed by atoms with Gasteiger partial charge in [-0.2, -0.15) is 13.2 Å². The molecule has 3 aromatic rings. The number of alkyl halides is 3. The zero-order valence-electron chi connectivity index (χ0n) is 18.6. The molecule has 0 radical (unpaired) electrons. The topological polar surface area (TPSA) is 70.5 Å². The number of nitrogens with zero attached hydrogens (tertiary/aromatic N) is 4. The highest BCUT2D eigenvalue weighted by Gasteiger charge is 2.34. The molecule has 0 atom stereocenters. The molecule has 170 valence electrons. The van der Waals surface area contributed by atoms with E-state index < -0.39 is 17.6 Å². The summed E-state index contributed by atoms with van der Waals surface area (Å²) in [6.45, 7) is 3.27. The zero-order chi connectivity index (χ0) is 23.9. The van der Waals surface area contributed by atoms with Crippen LogP contribution in [0, 0.1) is 13.8 Å². The van der Waals surface area contributed by atoms with E-state index in [0.717, 1.165) is 23.0 Å². The molecule has 0 saturated carbocycles. The van der Waals surface area contributed by atoms with Gasteiger partial charge in [0.2, 0.25) is 11.9 Å². The van der Waals surface area contributed by atoms with Crippen molar-refractivity contribution in [2.45, 2.75) is 26.4 Å². The number of benzene rings is 2. The van der Waals surface area contributed by atoms with Crippen LogP contribution in [0.5, 0.6) is 0 Å². The number of halogens is 3. The van der Waals surface area contributed by atoms with Crippen molar-refractivity contribution in [2.75, 3.05) is 24.3 Å². The molecule has 9 heteroatoms. The highest BCUT2D eigenvalue weighted by molar-refractivity contribution is 6.17. The molecule has 6 nitrogen and oxygen atoms in total.